The molecule has 4 rings (SSSR count). The van der Waals surface area contributed by atoms with Crippen LogP contribution in [0.5, 0.6) is 0 Å². The first-order valence-corrected chi connectivity index (χ1v) is 13.0. The number of benzene rings is 4. The van der Waals surface area contributed by atoms with Gasteiger partial charge in [0.1, 0.15) is 0 Å². The summed E-state index contributed by atoms with van der Waals surface area (Å²) in [7, 11) is -0.796. The molecule has 0 aliphatic heterocycles. The summed E-state index contributed by atoms with van der Waals surface area (Å²) < 4.78 is 0. The van der Waals surface area contributed by atoms with Crippen LogP contribution in [0.2, 0.25) is 0 Å². The number of halogens is 2. The second-order valence-corrected chi connectivity index (χ2v) is 12.1. The molecule has 4 aromatic rings. The van der Waals surface area contributed by atoms with E-state index in [2.05, 4.69) is 128 Å². The molecular weight excluding hydrogens is 564 g/mol. The molecule has 5 heteroatoms. The van der Waals surface area contributed by atoms with Crippen LogP contribution < -0.4 is 46.0 Å². The van der Waals surface area contributed by atoms with E-state index in [1.807, 2.05) is 0 Å². The standard InChI is InChI=1S/C27H26P2.2ClH.Pd/c1-23(29(26-18-10-4-11-19-26)27-20-12-5-13-21-27)22-28(24-14-6-2-7-15-24)25-16-8-3-9-17-25;;;/h2-21,23H,22H2,1H3;2*1H;/q;;;+2/p-2. The normalized spacial score (nSPS) is 11.1. The van der Waals surface area contributed by atoms with Crippen molar-refractivity contribution in [1.82, 2.24) is 0 Å². The van der Waals surface area contributed by atoms with Gasteiger partial charge in [0.25, 0.3) is 0 Å². The summed E-state index contributed by atoms with van der Waals surface area (Å²) in [6.07, 6.45) is 1.19. The zero-order valence-electron chi connectivity index (χ0n) is 17.8. The van der Waals surface area contributed by atoms with Crippen LogP contribution in [0.3, 0.4) is 0 Å². The number of hydrogen-bond donors (Lipinski definition) is 0. The Morgan fingerprint density at radius 1 is 0.500 bits per heavy atom. The number of rotatable bonds is 7. The molecule has 0 spiro atoms. The third-order valence-electron chi connectivity index (χ3n) is 5.09. The Kier molecular flexibility index (Phi) is 13.6. The van der Waals surface area contributed by atoms with Crippen molar-refractivity contribution in [1.29, 1.82) is 0 Å². The van der Waals surface area contributed by atoms with Gasteiger partial charge < -0.3 is 24.8 Å². The van der Waals surface area contributed by atoms with Gasteiger partial charge in [-0.3, -0.25) is 0 Å². The van der Waals surface area contributed by atoms with E-state index in [9.17, 15) is 0 Å². The van der Waals surface area contributed by atoms with Gasteiger partial charge >= 0.3 is 20.4 Å². The molecule has 0 bridgehead atoms. The van der Waals surface area contributed by atoms with Crippen LogP contribution >= 0.6 is 15.8 Å². The molecule has 0 aliphatic carbocycles. The fourth-order valence-corrected chi connectivity index (χ4v) is 9.51. The van der Waals surface area contributed by atoms with Crippen molar-refractivity contribution >= 4 is 37.1 Å². The van der Waals surface area contributed by atoms with Gasteiger partial charge in [0.15, 0.2) is 0 Å². The molecule has 1 atom stereocenters. The predicted octanol–water partition coefficient (Wildman–Crippen LogP) is -0.354. The smallest absolute Gasteiger partial charge is 1.00 e. The molecule has 0 nitrogen and oxygen atoms in total. The fourth-order valence-electron chi connectivity index (χ4n) is 3.76. The Labute approximate surface area is 221 Å². The quantitative estimate of drug-likeness (QED) is 0.204. The van der Waals surface area contributed by atoms with Crippen LogP contribution in [-0.2, 0) is 20.4 Å². The minimum Gasteiger partial charge on any atom is -1.00 e. The molecule has 0 amide bonds. The minimum absolute atomic E-state index is 0. The van der Waals surface area contributed by atoms with Crippen LogP contribution in [0.1, 0.15) is 6.92 Å². The molecule has 0 fully saturated rings. The van der Waals surface area contributed by atoms with E-state index in [0.717, 1.165) is 0 Å². The molecule has 0 heterocycles. The minimum atomic E-state index is -0.409. The van der Waals surface area contributed by atoms with E-state index in [-0.39, 0.29) is 53.2 Å². The summed E-state index contributed by atoms with van der Waals surface area (Å²) in [6, 6.07) is 44.3. The van der Waals surface area contributed by atoms with Gasteiger partial charge in [0.05, 0.1) is 0 Å². The molecule has 0 N–H and O–H groups in total. The molecule has 32 heavy (non-hydrogen) atoms. The van der Waals surface area contributed by atoms with Gasteiger partial charge in [-0.2, -0.15) is 0 Å². The van der Waals surface area contributed by atoms with Crippen molar-refractivity contribution < 1.29 is 45.2 Å². The van der Waals surface area contributed by atoms with Crippen LogP contribution in [-0.4, -0.2) is 11.8 Å². The summed E-state index contributed by atoms with van der Waals surface area (Å²) in [4.78, 5) is 0. The molecule has 0 saturated heterocycles. The van der Waals surface area contributed by atoms with Crippen LogP contribution in [0.15, 0.2) is 121 Å². The van der Waals surface area contributed by atoms with Crippen molar-refractivity contribution in [2.45, 2.75) is 12.6 Å². The molecule has 168 valence electrons. The summed E-state index contributed by atoms with van der Waals surface area (Å²) in [6.45, 7) is 2.45. The molecule has 4 aromatic carbocycles. The van der Waals surface area contributed by atoms with E-state index in [4.69, 9.17) is 0 Å². The van der Waals surface area contributed by atoms with E-state index < -0.39 is 7.92 Å². The predicted molar refractivity (Wildman–Crippen MR) is 132 cm³/mol. The fraction of sp³-hybridized carbons (Fsp3) is 0.111. The molecule has 1 unspecified atom stereocenters. The van der Waals surface area contributed by atoms with Crippen molar-refractivity contribution in [2.75, 3.05) is 6.16 Å². The second kappa shape index (κ2) is 15.0. The second-order valence-electron chi connectivity index (χ2n) is 7.17. The largest absolute Gasteiger partial charge is 2.00 e. The van der Waals surface area contributed by atoms with Gasteiger partial charge in [-0.05, 0) is 48.9 Å². The maximum Gasteiger partial charge on any atom is 2.00 e. The third-order valence-corrected chi connectivity index (χ3v) is 10.9. The molecule has 0 radical (unpaired) electrons. The van der Waals surface area contributed by atoms with Gasteiger partial charge in [-0.25, -0.2) is 0 Å². The number of hydrogen-bond acceptors (Lipinski definition) is 0. The van der Waals surface area contributed by atoms with E-state index >= 15 is 0 Å². The van der Waals surface area contributed by atoms with Crippen molar-refractivity contribution in [3.05, 3.63) is 121 Å². The maximum atomic E-state index is 2.45. The zero-order valence-corrected chi connectivity index (χ0v) is 22.7. The topological polar surface area (TPSA) is 0 Å². The monoisotopic (exact) mass is 588 g/mol. The first kappa shape index (κ1) is 29.0. The van der Waals surface area contributed by atoms with E-state index in [0.29, 0.717) is 5.66 Å². The van der Waals surface area contributed by atoms with Crippen LogP contribution in [0.25, 0.3) is 0 Å². The Morgan fingerprint density at radius 2 is 0.781 bits per heavy atom. The Balaban J connectivity index is 0.00000171. The average Bonchev–Trinajstić information content (AvgIpc) is 2.80. The maximum absolute atomic E-state index is 2.45. The van der Waals surface area contributed by atoms with Crippen molar-refractivity contribution in [3.63, 3.8) is 0 Å². The summed E-state index contributed by atoms with van der Waals surface area (Å²) in [5, 5.41) is 5.88. The first-order valence-electron chi connectivity index (χ1n) is 10.1. The Hall–Kier alpha value is -1.02. The van der Waals surface area contributed by atoms with Crippen LogP contribution in [0, 0.1) is 0 Å². The van der Waals surface area contributed by atoms with Crippen molar-refractivity contribution in [3.8, 4) is 0 Å². The molecule has 0 aromatic heterocycles. The third kappa shape index (κ3) is 7.51. The molecule has 0 aliphatic rings. The summed E-state index contributed by atoms with van der Waals surface area (Å²) in [5.41, 5.74) is 0.585. The van der Waals surface area contributed by atoms with E-state index in [1.165, 1.54) is 27.4 Å². The van der Waals surface area contributed by atoms with Crippen LogP contribution in [0.4, 0.5) is 0 Å². The SMILES string of the molecule is CC(CP(c1ccccc1)c1ccccc1)P(c1ccccc1)c1ccccc1.[Cl-].[Cl-].[Pd+2]. The van der Waals surface area contributed by atoms with Gasteiger partial charge in [0, 0.05) is 0 Å². The Morgan fingerprint density at radius 3 is 1.09 bits per heavy atom. The Bertz CT molecular complexity index is 924. The van der Waals surface area contributed by atoms with Crippen molar-refractivity contribution in [2.24, 2.45) is 0 Å². The molecular formula is C27H26Cl2P2Pd. The summed E-state index contributed by atoms with van der Waals surface area (Å²) in [5.74, 6) is 0. The zero-order chi connectivity index (χ0) is 19.9. The average molecular weight is 590 g/mol. The van der Waals surface area contributed by atoms with Gasteiger partial charge in [-0.1, -0.05) is 128 Å². The summed E-state index contributed by atoms with van der Waals surface area (Å²) >= 11 is 0. The van der Waals surface area contributed by atoms with E-state index in [1.54, 1.807) is 0 Å². The first-order chi connectivity index (χ1) is 14.3. The molecule has 0 saturated carbocycles. The van der Waals surface area contributed by atoms with Gasteiger partial charge in [-0.15, -0.1) is 0 Å². The van der Waals surface area contributed by atoms with Gasteiger partial charge in [0.2, 0.25) is 0 Å².